The van der Waals surface area contributed by atoms with Crippen molar-refractivity contribution >= 4 is 17.5 Å². The van der Waals surface area contributed by atoms with E-state index in [1.54, 1.807) is 30.1 Å². The fourth-order valence-electron chi connectivity index (χ4n) is 2.19. The lowest BCUT2D eigenvalue weighted by Gasteiger charge is -2.25. The third-order valence-corrected chi connectivity index (χ3v) is 3.95. The minimum absolute atomic E-state index is 0.0752. The van der Waals surface area contributed by atoms with E-state index >= 15 is 0 Å². The molecule has 0 heterocycles. The third kappa shape index (κ3) is 4.70. The van der Waals surface area contributed by atoms with Crippen LogP contribution in [0.5, 0.6) is 5.75 Å². The van der Waals surface area contributed by atoms with Gasteiger partial charge in [-0.1, -0.05) is 35.9 Å². The SMILES string of the molecule is CC(c1cccc(Cl)c1)N(C)C(=O)CCOc1ccccc1F. The van der Waals surface area contributed by atoms with Gasteiger partial charge in [0.15, 0.2) is 11.6 Å². The normalized spacial score (nSPS) is 11.8. The average Bonchev–Trinajstić information content (AvgIpc) is 2.55. The van der Waals surface area contributed by atoms with Crippen LogP contribution < -0.4 is 4.74 Å². The molecule has 2 rings (SSSR count). The van der Waals surface area contributed by atoms with Gasteiger partial charge in [-0.25, -0.2) is 4.39 Å². The molecule has 2 aromatic carbocycles. The molecule has 122 valence electrons. The van der Waals surface area contributed by atoms with Gasteiger partial charge in [-0.3, -0.25) is 4.79 Å². The van der Waals surface area contributed by atoms with Crippen molar-refractivity contribution < 1.29 is 13.9 Å². The summed E-state index contributed by atoms with van der Waals surface area (Å²) >= 11 is 5.98. The molecule has 0 aromatic heterocycles. The van der Waals surface area contributed by atoms with Crippen LogP contribution in [0.3, 0.4) is 0 Å². The molecule has 0 saturated heterocycles. The Labute approximate surface area is 140 Å². The largest absolute Gasteiger partial charge is 0.490 e. The number of hydrogen-bond donors (Lipinski definition) is 0. The van der Waals surface area contributed by atoms with E-state index in [0.717, 1.165) is 5.56 Å². The summed E-state index contributed by atoms with van der Waals surface area (Å²) in [5.41, 5.74) is 0.961. The summed E-state index contributed by atoms with van der Waals surface area (Å²) < 4.78 is 18.7. The van der Waals surface area contributed by atoms with Crippen molar-refractivity contribution in [1.29, 1.82) is 0 Å². The number of hydrogen-bond acceptors (Lipinski definition) is 2. The second kappa shape index (κ2) is 7.97. The van der Waals surface area contributed by atoms with Gasteiger partial charge < -0.3 is 9.64 Å². The average molecular weight is 336 g/mol. The van der Waals surface area contributed by atoms with Crippen LogP contribution in [-0.4, -0.2) is 24.5 Å². The van der Waals surface area contributed by atoms with Crippen LogP contribution >= 0.6 is 11.6 Å². The van der Waals surface area contributed by atoms with E-state index < -0.39 is 5.82 Å². The summed E-state index contributed by atoms with van der Waals surface area (Å²) in [6.45, 7) is 2.06. The van der Waals surface area contributed by atoms with Crippen LogP contribution in [0.2, 0.25) is 5.02 Å². The van der Waals surface area contributed by atoms with Crippen LogP contribution in [-0.2, 0) is 4.79 Å². The molecule has 1 unspecified atom stereocenters. The number of halogens is 2. The standard InChI is InChI=1S/C18H19ClFNO2/c1-13(14-6-5-7-15(19)12-14)21(2)18(22)10-11-23-17-9-4-3-8-16(17)20/h3-9,12-13H,10-11H2,1-2H3. The number of amides is 1. The van der Waals surface area contributed by atoms with Crippen LogP contribution in [0.15, 0.2) is 48.5 Å². The van der Waals surface area contributed by atoms with E-state index in [4.69, 9.17) is 16.3 Å². The Morgan fingerprint density at radius 2 is 2.00 bits per heavy atom. The van der Waals surface area contributed by atoms with Crippen LogP contribution in [0.4, 0.5) is 4.39 Å². The second-order valence-electron chi connectivity index (χ2n) is 5.26. The van der Waals surface area contributed by atoms with Gasteiger partial charge in [0.25, 0.3) is 0 Å². The summed E-state index contributed by atoms with van der Waals surface area (Å²) in [4.78, 5) is 13.9. The zero-order valence-electron chi connectivity index (χ0n) is 13.1. The van der Waals surface area contributed by atoms with E-state index in [1.807, 2.05) is 25.1 Å². The molecule has 3 nitrogen and oxygen atoms in total. The van der Waals surface area contributed by atoms with E-state index in [2.05, 4.69) is 0 Å². The predicted molar refractivity (Wildman–Crippen MR) is 89.1 cm³/mol. The van der Waals surface area contributed by atoms with Crippen molar-refractivity contribution in [2.45, 2.75) is 19.4 Å². The molecule has 0 N–H and O–H groups in total. The minimum atomic E-state index is -0.430. The highest BCUT2D eigenvalue weighted by Crippen LogP contribution is 2.22. The van der Waals surface area contributed by atoms with Gasteiger partial charge in [-0.2, -0.15) is 0 Å². The minimum Gasteiger partial charge on any atom is -0.490 e. The van der Waals surface area contributed by atoms with Gasteiger partial charge in [0.05, 0.1) is 19.1 Å². The Hall–Kier alpha value is -2.07. The Bertz CT molecular complexity index is 678. The fourth-order valence-corrected chi connectivity index (χ4v) is 2.39. The summed E-state index contributed by atoms with van der Waals surface area (Å²) in [6, 6.07) is 13.5. The summed E-state index contributed by atoms with van der Waals surface area (Å²) in [5.74, 6) is -0.347. The highest BCUT2D eigenvalue weighted by atomic mass is 35.5. The highest BCUT2D eigenvalue weighted by molar-refractivity contribution is 6.30. The van der Waals surface area contributed by atoms with Gasteiger partial charge in [0.1, 0.15) is 0 Å². The first-order valence-corrected chi connectivity index (χ1v) is 7.75. The molecule has 5 heteroatoms. The van der Waals surface area contributed by atoms with Gasteiger partial charge in [0, 0.05) is 12.1 Å². The molecule has 0 saturated carbocycles. The number of nitrogens with zero attached hydrogens (tertiary/aromatic N) is 1. The Kier molecular flexibility index (Phi) is 5.99. The molecule has 0 radical (unpaired) electrons. The third-order valence-electron chi connectivity index (χ3n) is 3.72. The van der Waals surface area contributed by atoms with E-state index in [1.165, 1.54) is 12.1 Å². The van der Waals surface area contributed by atoms with Crippen molar-refractivity contribution in [3.63, 3.8) is 0 Å². The Morgan fingerprint density at radius 3 is 2.70 bits per heavy atom. The maximum absolute atomic E-state index is 13.4. The molecule has 23 heavy (non-hydrogen) atoms. The first kappa shape index (κ1) is 17.3. The highest BCUT2D eigenvalue weighted by Gasteiger charge is 2.17. The Morgan fingerprint density at radius 1 is 1.26 bits per heavy atom. The smallest absolute Gasteiger partial charge is 0.226 e. The van der Waals surface area contributed by atoms with E-state index in [9.17, 15) is 9.18 Å². The van der Waals surface area contributed by atoms with Crippen LogP contribution in [0, 0.1) is 5.82 Å². The fraction of sp³-hybridized carbons (Fsp3) is 0.278. The van der Waals surface area contributed by atoms with Crippen molar-refractivity contribution in [3.8, 4) is 5.75 Å². The molecule has 0 fully saturated rings. The number of para-hydroxylation sites is 1. The number of rotatable bonds is 6. The van der Waals surface area contributed by atoms with Crippen molar-refractivity contribution in [3.05, 3.63) is 64.9 Å². The van der Waals surface area contributed by atoms with Gasteiger partial charge in [-0.05, 0) is 36.8 Å². The van der Waals surface area contributed by atoms with Crippen LogP contribution in [0.1, 0.15) is 24.9 Å². The molecule has 2 aromatic rings. The number of ether oxygens (including phenoxy) is 1. The maximum Gasteiger partial charge on any atom is 0.226 e. The number of carbonyl (C=O) groups excluding carboxylic acids is 1. The molecule has 1 atom stereocenters. The van der Waals surface area contributed by atoms with E-state index in [0.29, 0.717) is 5.02 Å². The van der Waals surface area contributed by atoms with Crippen LogP contribution in [0.25, 0.3) is 0 Å². The molecule has 1 amide bonds. The van der Waals surface area contributed by atoms with Gasteiger partial charge >= 0.3 is 0 Å². The zero-order valence-corrected chi connectivity index (χ0v) is 13.9. The lowest BCUT2D eigenvalue weighted by molar-refractivity contribution is -0.132. The topological polar surface area (TPSA) is 29.5 Å². The molecule has 0 aliphatic carbocycles. The molecule has 0 bridgehead atoms. The summed E-state index contributed by atoms with van der Waals surface area (Å²) in [5, 5.41) is 0.637. The summed E-state index contributed by atoms with van der Waals surface area (Å²) in [6.07, 6.45) is 0.176. The van der Waals surface area contributed by atoms with Gasteiger partial charge in [0.2, 0.25) is 5.91 Å². The van der Waals surface area contributed by atoms with Crippen molar-refractivity contribution in [2.75, 3.05) is 13.7 Å². The van der Waals surface area contributed by atoms with Crippen molar-refractivity contribution in [2.24, 2.45) is 0 Å². The molecule has 0 spiro atoms. The molecular formula is C18H19ClFNO2. The lowest BCUT2D eigenvalue weighted by Crippen LogP contribution is -2.30. The Balaban J connectivity index is 1.89. The monoisotopic (exact) mass is 335 g/mol. The predicted octanol–water partition coefficient (Wildman–Crippen LogP) is 4.47. The van der Waals surface area contributed by atoms with E-state index in [-0.39, 0.29) is 30.7 Å². The zero-order chi connectivity index (χ0) is 16.8. The first-order valence-electron chi connectivity index (χ1n) is 7.37. The quantitative estimate of drug-likeness (QED) is 0.779. The lowest BCUT2D eigenvalue weighted by atomic mass is 10.1. The van der Waals surface area contributed by atoms with Gasteiger partial charge in [-0.15, -0.1) is 0 Å². The molecular weight excluding hydrogens is 317 g/mol. The van der Waals surface area contributed by atoms with Crippen molar-refractivity contribution in [1.82, 2.24) is 4.90 Å². The molecule has 0 aliphatic heterocycles. The molecule has 0 aliphatic rings. The number of benzene rings is 2. The second-order valence-corrected chi connectivity index (χ2v) is 5.70. The first-order chi connectivity index (χ1) is 11.0. The summed E-state index contributed by atoms with van der Waals surface area (Å²) in [7, 11) is 1.73. The maximum atomic E-state index is 13.4. The number of carbonyl (C=O) groups is 1.